The van der Waals surface area contributed by atoms with Crippen molar-refractivity contribution in [2.75, 3.05) is 0 Å². The molecule has 0 fully saturated rings. The average molecular weight is 353 g/mol. The smallest absolute Gasteiger partial charge is 0.106 e. The van der Waals surface area contributed by atoms with E-state index in [2.05, 4.69) is 160 Å². The van der Waals surface area contributed by atoms with Gasteiger partial charge in [-0.15, -0.1) is 6.40 Å². The molecule has 0 atom stereocenters. The van der Waals surface area contributed by atoms with Crippen LogP contribution in [0.25, 0.3) is 0 Å². The Hall–Kier alpha value is -6.16. The first-order valence-electron chi connectivity index (χ1n) is 7.75. The van der Waals surface area contributed by atoms with Crippen LogP contribution in [0.2, 0.25) is 0 Å². The second-order valence-corrected chi connectivity index (χ2v) is 3.50. The van der Waals surface area contributed by atoms with Crippen LogP contribution in [0.15, 0.2) is 0 Å². The van der Waals surface area contributed by atoms with Crippen LogP contribution in [-0.2, 0) is 0 Å². The fraction of sp³-hybridized carbons (Fsp3) is 0.0345. The zero-order valence-electron chi connectivity index (χ0n) is 16.0. The van der Waals surface area contributed by atoms with Crippen LogP contribution < -0.4 is 0 Å². The van der Waals surface area contributed by atoms with Gasteiger partial charge in [-0.2, -0.15) is 0 Å². The summed E-state index contributed by atoms with van der Waals surface area (Å²) in [6.45, 7) is 1.69. The molecule has 0 aromatic carbocycles. The molecule has 0 aromatic rings. The SMILES string of the molecule is [2H]C#CC#CC#CC#CC#CC#CC#CC#CC#CC#CC#CC#CC#CC#CC. The first kappa shape index (κ1) is 20.9. The van der Waals surface area contributed by atoms with E-state index >= 15 is 0 Å². The second-order valence-electron chi connectivity index (χ2n) is 3.50. The van der Waals surface area contributed by atoms with E-state index in [9.17, 15) is 0 Å². The second kappa shape index (κ2) is 21.8. The molecule has 0 spiro atoms. The lowest BCUT2D eigenvalue weighted by molar-refractivity contribution is 1.92. The molecule has 0 heterocycles. The first-order valence-corrected chi connectivity index (χ1v) is 7.25. The highest BCUT2D eigenvalue weighted by molar-refractivity contribution is 5.48. The summed E-state index contributed by atoms with van der Waals surface area (Å²) in [5.74, 6) is 66.9. The zero-order chi connectivity index (χ0) is 21.8. The van der Waals surface area contributed by atoms with Gasteiger partial charge in [-0.25, -0.2) is 0 Å². The lowest BCUT2D eigenvalue weighted by Crippen LogP contribution is -1.57. The van der Waals surface area contributed by atoms with Gasteiger partial charge >= 0.3 is 0 Å². The van der Waals surface area contributed by atoms with Crippen molar-refractivity contribution in [2.45, 2.75) is 6.92 Å². The summed E-state index contributed by atoms with van der Waals surface area (Å²) in [5, 5.41) is 0. The third-order valence-corrected chi connectivity index (χ3v) is 1.69. The molecule has 0 bridgehead atoms. The quantitative estimate of drug-likeness (QED) is 0.562. The van der Waals surface area contributed by atoms with Crippen molar-refractivity contribution in [3.8, 4) is 166 Å². The van der Waals surface area contributed by atoms with E-state index < -0.39 is 0 Å². The van der Waals surface area contributed by atoms with Crippen LogP contribution in [0.1, 0.15) is 8.29 Å². The predicted molar refractivity (Wildman–Crippen MR) is 116 cm³/mol. The molecule has 0 saturated carbocycles. The van der Waals surface area contributed by atoms with Gasteiger partial charge in [0, 0.05) is 59.2 Å². The molecule has 0 radical (unpaired) electrons. The molecule has 0 aromatic heterocycles. The molecular formula is C29H4. The van der Waals surface area contributed by atoms with Gasteiger partial charge in [-0.05, 0) is 102 Å². The largest absolute Gasteiger partial charge is 0.125 e. The van der Waals surface area contributed by atoms with E-state index in [0.717, 1.165) is 0 Å². The van der Waals surface area contributed by atoms with Crippen molar-refractivity contribution in [3.05, 3.63) is 0 Å². The first-order chi connectivity index (χ1) is 14.9. The maximum absolute atomic E-state index is 6.53. The van der Waals surface area contributed by atoms with Crippen LogP contribution in [-0.4, -0.2) is 0 Å². The summed E-state index contributed by atoms with van der Waals surface area (Å²) in [7, 11) is 0. The molecule has 0 nitrogen and oxygen atoms in total. The Morgan fingerprint density at radius 2 is 0.552 bits per heavy atom. The van der Waals surface area contributed by atoms with Gasteiger partial charge in [-0.3, -0.25) is 0 Å². The molecule has 29 heavy (non-hydrogen) atoms. The fourth-order valence-corrected chi connectivity index (χ4v) is 0.812. The van der Waals surface area contributed by atoms with E-state index in [4.69, 9.17) is 1.37 Å². The van der Waals surface area contributed by atoms with Crippen LogP contribution in [0.3, 0.4) is 0 Å². The van der Waals surface area contributed by atoms with Gasteiger partial charge in [0.05, 0.1) is 0 Å². The highest BCUT2D eigenvalue weighted by Gasteiger charge is 1.59. The van der Waals surface area contributed by atoms with Gasteiger partial charge in [-0.1, -0.05) is 5.92 Å². The predicted octanol–water partition coefficient (Wildman–Crippen LogP) is 0.684. The van der Waals surface area contributed by atoms with Crippen molar-refractivity contribution in [2.24, 2.45) is 0 Å². The maximum atomic E-state index is 6.53. The molecule has 0 saturated heterocycles. The maximum Gasteiger partial charge on any atom is 0.125 e. The summed E-state index contributed by atoms with van der Waals surface area (Å²) < 4.78 is 6.53. The Kier molecular flexibility index (Phi) is 15.7. The van der Waals surface area contributed by atoms with Crippen molar-refractivity contribution in [1.29, 1.82) is 0 Å². The Balaban J connectivity index is 4.45. The third kappa shape index (κ3) is 21.8. The topological polar surface area (TPSA) is 0 Å². The summed E-state index contributed by atoms with van der Waals surface area (Å²) in [6.07, 6.45) is 1.88. The average Bonchev–Trinajstić information content (AvgIpc) is 2.76. The van der Waals surface area contributed by atoms with Crippen LogP contribution in [0.5, 0.6) is 0 Å². The van der Waals surface area contributed by atoms with Gasteiger partial charge in [0.15, 0.2) is 0 Å². The van der Waals surface area contributed by atoms with Gasteiger partial charge in [0.2, 0.25) is 0 Å². The van der Waals surface area contributed by atoms with Crippen molar-refractivity contribution in [1.82, 2.24) is 0 Å². The number of rotatable bonds is 0. The minimum Gasteiger partial charge on any atom is -0.106 e. The standard InChI is InChI=1S/C29H4/c1-3-5-7-9-11-13-15-17-19-21-23-25-27-29-28-26-24-22-20-18-16-14-12-10-8-6-4-2/h1H,2H3/i1D. The van der Waals surface area contributed by atoms with Crippen LogP contribution in [0, 0.1) is 166 Å². The van der Waals surface area contributed by atoms with E-state index in [-0.39, 0.29) is 0 Å². The zero-order valence-corrected chi connectivity index (χ0v) is 15.0. The van der Waals surface area contributed by atoms with E-state index in [0.29, 0.717) is 0 Å². The molecule has 0 N–H and O–H groups in total. The fourth-order valence-electron chi connectivity index (χ4n) is 0.812. The molecule has 0 aliphatic rings. The lowest BCUT2D eigenvalue weighted by Gasteiger charge is -1.57. The van der Waals surface area contributed by atoms with Crippen molar-refractivity contribution < 1.29 is 1.37 Å². The lowest BCUT2D eigenvalue weighted by atomic mass is 10.4. The minimum atomic E-state index is 1.69. The van der Waals surface area contributed by atoms with Crippen molar-refractivity contribution in [3.63, 3.8) is 0 Å². The van der Waals surface area contributed by atoms with E-state index in [1.165, 1.54) is 0 Å². The molecule has 0 amide bonds. The molecule has 0 heteroatoms. The van der Waals surface area contributed by atoms with Crippen LogP contribution in [0.4, 0.5) is 0 Å². The minimum absolute atomic E-state index is 1.69. The Labute approximate surface area is 174 Å². The summed E-state index contributed by atoms with van der Waals surface area (Å²) in [5.41, 5.74) is 0. The summed E-state index contributed by atoms with van der Waals surface area (Å²) in [4.78, 5) is 0. The monoisotopic (exact) mass is 353 g/mol. The van der Waals surface area contributed by atoms with E-state index in [1.54, 1.807) is 6.92 Å². The molecule has 120 valence electrons. The van der Waals surface area contributed by atoms with Crippen LogP contribution >= 0.6 is 0 Å². The highest BCUT2D eigenvalue weighted by Crippen LogP contribution is 1.59. The normalized spacial score (nSPS) is 4.10. The molecular weight excluding hydrogens is 348 g/mol. The Morgan fingerprint density at radius 3 is 0.759 bits per heavy atom. The van der Waals surface area contributed by atoms with Gasteiger partial charge in [0.1, 0.15) is 1.37 Å². The summed E-state index contributed by atoms with van der Waals surface area (Å²) in [6, 6.07) is 0. The Bertz CT molecular complexity index is 1440. The molecule has 0 unspecified atom stereocenters. The molecule has 0 aliphatic carbocycles. The summed E-state index contributed by atoms with van der Waals surface area (Å²) >= 11 is 0. The Morgan fingerprint density at radius 1 is 0.345 bits per heavy atom. The molecule has 0 rings (SSSR count). The third-order valence-electron chi connectivity index (χ3n) is 1.69. The number of hydrogen-bond donors (Lipinski definition) is 0. The van der Waals surface area contributed by atoms with E-state index in [1.807, 2.05) is 6.40 Å². The van der Waals surface area contributed by atoms with Gasteiger partial charge in [0.25, 0.3) is 0 Å². The number of hydrogen-bond acceptors (Lipinski definition) is 0. The van der Waals surface area contributed by atoms with Gasteiger partial charge < -0.3 is 0 Å². The number of terminal acetylenes is 1. The molecule has 0 aliphatic heterocycles. The highest BCUT2D eigenvalue weighted by atomic mass is 13.6. The van der Waals surface area contributed by atoms with Crippen molar-refractivity contribution >= 4 is 0 Å².